The van der Waals surface area contributed by atoms with Crippen molar-refractivity contribution in [2.45, 2.75) is 64.2 Å². The van der Waals surface area contributed by atoms with E-state index < -0.39 is 39.4 Å². The molecule has 0 unspecified atom stereocenters. The molecule has 0 saturated heterocycles. The summed E-state index contributed by atoms with van der Waals surface area (Å²) in [4.78, 5) is 0. The molecule has 2 aliphatic carbocycles. The molecule has 0 saturated carbocycles. The Labute approximate surface area is 154 Å². The van der Waals surface area contributed by atoms with Crippen LogP contribution in [0.4, 0.5) is 9.41 Å². The topological polar surface area (TPSA) is 0 Å². The van der Waals surface area contributed by atoms with Gasteiger partial charge in [0.25, 0.3) is 0 Å². The Morgan fingerprint density at radius 3 is 1.39 bits per heavy atom. The molecule has 0 fully saturated rings. The molecule has 2 aliphatic rings. The van der Waals surface area contributed by atoms with Gasteiger partial charge in [0.05, 0.1) is 0 Å². The predicted molar refractivity (Wildman–Crippen MR) is 103 cm³/mol. The largest absolute Gasteiger partial charge is 0.269 e. The zero-order valence-corrected chi connectivity index (χ0v) is 19.9. The summed E-state index contributed by atoms with van der Waals surface area (Å²) in [5.74, 6) is 0. The van der Waals surface area contributed by atoms with Gasteiger partial charge in [0, 0.05) is 0 Å². The van der Waals surface area contributed by atoms with Crippen molar-refractivity contribution in [1.29, 1.82) is 0 Å². The third-order valence-corrected chi connectivity index (χ3v) is 10.7. The molecule has 0 aromatic heterocycles. The predicted octanol–water partition coefficient (Wildman–Crippen LogP) is 6.48. The number of allylic oxidation sites excluding steroid dienone is 8. The first-order valence-corrected chi connectivity index (χ1v) is 18.1. The van der Waals surface area contributed by atoms with Crippen LogP contribution in [-0.4, -0.2) is 16.1 Å². The third kappa shape index (κ3) is 7.70. The fraction of sp³-hybridized carbons (Fsp3) is 0.556. The first-order valence-electron chi connectivity index (χ1n) is 8.18. The zero-order valence-electron chi connectivity index (χ0n) is 15.5. The summed E-state index contributed by atoms with van der Waals surface area (Å²) in [5, 5.41) is 0. The second-order valence-electron chi connectivity index (χ2n) is 8.82. The molecule has 0 aromatic carbocycles. The number of hydrogen-bond donors (Lipinski definition) is 0. The number of halogens is 2. The third-order valence-electron chi connectivity index (χ3n) is 3.80. The van der Waals surface area contributed by atoms with Crippen LogP contribution in [0.1, 0.15) is 12.8 Å². The zero-order chi connectivity index (χ0) is 15.7. The van der Waals surface area contributed by atoms with Gasteiger partial charge in [-0.1, -0.05) is 0 Å². The summed E-state index contributed by atoms with van der Waals surface area (Å²) >= 11 is -0.509. The molecular formula is C18H32F2Si2Zr. The minimum Gasteiger partial charge on any atom is -0.269 e. The van der Waals surface area contributed by atoms with Gasteiger partial charge in [-0.05, 0) is 0 Å². The summed E-state index contributed by atoms with van der Waals surface area (Å²) in [7, 11) is -1.96. The molecule has 0 nitrogen and oxygen atoms in total. The Bertz CT molecular complexity index is 484. The number of hydrogen-bond acceptors (Lipinski definition) is 0. The molecule has 0 radical (unpaired) electrons. The SMILES string of the molecule is C[Si](C)(C)CC1=[C]([Zr][C]2=C(C[Si](C)(C)C)C=CC2)CC=C1.F.F. The van der Waals surface area contributed by atoms with Gasteiger partial charge in [0.2, 0.25) is 0 Å². The van der Waals surface area contributed by atoms with E-state index in [0.717, 1.165) is 0 Å². The van der Waals surface area contributed by atoms with E-state index in [9.17, 15) is 0 Å². The molecular weight excluding hydrogens is 402 g/mol. The van der Waals surface area contributed by atoms with Crippen LogP contribution in [0.15, 0.2) is 42.0 Å². The number of rotatable bonds is 6. The van der Waals surface area contributed by atoms with E-state index in [1.54, 1.807) is 11.1 Å². The van der Waals surface area contributed by atoms with Crippen LogP contribution in [0, 0.1) is 0 Å². The summed E-state index contributed by atoms with van der Waals surface area (Å²) < 4.78 is 3.76. The molecule has 0 aromatic rings. The van der Waals surface area contributed by atoms with Crippen molar-refractivity contribution in [3.63, 3.8) is 0 Å². The average molecular weight is 434 g/mol. The van der Waals surface area contributed by atoms with Gasteiger partial charge in [-0.15, -0.1) is 0 Å². The van der Waals surface area contributed by atoms with Gasteiger partial charge in [-0.3, -0.25) is 9.41 Å². The first-order chi connectivity index (χ1) is 9.64. The van der Waals surface area contributed by atoms with E-state index in [4.69, 9.17) is 0 Å². The van der Waals surface area contributed by atoms with E-state index in [0.29, 0.717) is 0 Å². The van der Waals surface area contributed by atoms with Crippen molar-refractivity contribution >= 4 is 16.1 Å². The van der Waals surface area contributed by atoms with Gasteiger partial charge < -0.3 is 0 Å². The second kappa shape index (κ2) is 9.01. The Balaban J connectivity index is 0.00000242. The van der Waals surface area contributed by atoms with E-state index in [-0.39, 0.29) is 9.41 Å². The van der Waals surface area contributed by atoms with Crippen molar-refractivity contribution in [3.05, 3.63) is 42.0 Å². The molecule has 0 bridgehead atoms. The quantitative estimate of drug-likeness (QED) is 0.421. The van der Waals surface area contributed by atoms with Gasteiger partial charge in [0.1, 0.15) is 0 Å². The minimum atomic E-state index is -0.982. The van der Waals surface area contributed by atoms with E-state index >= 15 is 0 Å². The molecule has 2 rings (SSSR count). The molecule has 23 heavy (non-hydrogen) atoms. The standard InChI is InChI=1S/2C9H15Si.2FH.Zr/c2*1-10(2,3)8-9-6-4-5-7-9;;;/h2*4,6H,5,8H2,1-3H3;2*1H;. The summed E-state index contributed by atoms with van der Waals surface area (Å²) in [6.45, 7) is 15.0. The molecule has 0 heterocycles. The van der Waals surface area contributed by atoms with Crippen molar-refractivity contribution in [2.75, 3.05) is 0 Å². The maximum atomic E-state index is 2.50. The van der Waals surface area contributed by atoms with Gasteiger partial charge >= 0.3 is 146 Å². The van der Waals surface area contributed by atoms with Crippen LogP contribution < -0.4 is 0 Å². The van der Waals surface area contributed by atoms with Crippen molar-refractivity contribution < 1.29 is 32.6 Å². The molecule has 130 valence electrons. The normalized spacial score (nSPS) is 17.5. The molecule has 0 spiro atoms. The van der Waals surface area contributed by atoms with E-state index in [2.05, 4.69) is 63.6 Å². The smallest absolute Gasteiger partial charge is 0.269 e. The maximum Gasteiger partial charge on any atom is -0.269 e. The van der Waals surface area contributed by atoms with Crippen molar-refractivity contribution in [3.8, 4) is 0 Å². The van der Waals surface area contributed by atoms with E-state index in [1.165, 1.54) is 24.9 Å². The first kappa shape index (κ1) is 23.1. The van der Waals surface area contributed by atoms with Gasteiger partial charge in [-0.25, -0.2) is 0 Å². The maximum absolute atomic E-state index is 2.50. The van der Waals surface area contributed by atoms with Crippen LogP contribution in [0.3, 0.4) is 0 Å². The van der Waals surface area contributed by atoms with Gasteiger partial charge in [0.15, 0.2) is 0 Å². The van der Waals surface area contributed by atoms with Crippen LogP contribution in [-0.2, 0) is 23.2 Å². The Hall–Kier alpha value is 0.137. The Morgan fingerprint density at radius 2 is 1.09 bits per heavy atom. The molecule has 0 atom stereocenters. The molecule has 0 amide bonds. The van der Waals surface area contributed by atoms with Crippen molar-refractivity contribution in [2.24, 2.45) is 0 Å². The molecule has 5 heteroatoms. The molecule has 0 aliphatic heterocycles. The average Bonchev–Trinajstić information content (AvgIpc) is 2.86. The van der Waals surface area contributed by atoms with Gasteiger partial charge in [-0.2, -0.15) is 0 Å². The molecule has 0 N–H and O–H groups in total. The fourth-order valence-corrected chi connectivity index (χ4v) is 10.4. The second-order valence-corrected chi connectivity index (χ2v) is 23.4. The minimum absolute atomic E-state index is 0. The summed E-state index contributed by atoms with van der Waals surface area (Å²) in [5.41, 5.74) is 3.49. The fourth-order valence-electron chi connectivity index (χ4n) is 3.02. The van der Waals surface area contributed by atoms with Crippen LogP contribution in [0.5, 0.6) is 0 Å². The van der Waals surface area contributed by atoms with Crippen LogP contribution >= 0.6 is 0 Å². The Kier molecular flexibility index (Phi) is 9.06. The van der Waals surface area contributed by atoms with Crippen LogP contribution in [0.2, 0.25) is 51.4 Å². The Morgan fingerprint density at radius 1 is 0.739 bits per heavy atom. The van der Waals surface area contributed by atoms with Crippen molar-refractivity contribution in [1.82, 2.24) is 0 Å². The summed E-state index contributed by atoms with van der Waals surface area (Å²) in [6, 6.07) is 2.79. The monoisotopic (exact) mass is 432 g/mol. The van der Waals surface area contributed by atoms with Crippen LogP contribution in [0.25, 0.3) is 0 Å². The summed E-state index contributed by atoms with van der Waals surface area (Å²) in [6.07, 6.45) is 12.3. The van der Waals surface area contributed by atoms with E-state index in [1.807, 2.05) is 6.56 Å².